The third-order valence-corrected chi connectivity index (χ3v) is 3.92. The van der Waals surface area contributed by atoms with Gasteiger partial charge in [-0.05, 0) is 30.3 Å². The van der Waals surface area contributed by atoms with Gasteiger partial charge in [0.1, 0.15) is 0 Å². The van der Waals surface area contributed by atoms with Crippen LogP contribution < -0.4 is 16.4 Å². The molecule has 5 N–H and O–H groups in total. The van der Waals surface area contributed by atoms with Gasteiger partial charge in [0.05, 0.1) is 23.0 Å². The summed E-state index contributed by atoms with van der Waals surface area (Å²) in [5.74, 6) is 0.184. The summed E-state index contributed by atoms with van der Waals surface area (Å²) in [4.78, 5) is 18.7. The van der Waals surface area contributed by atoms with Gasteiger partial charge >= 0.3 is 18.4 Å². The van der Waals surface area contributed by atoms with E-state index in [9.17, 15) is 31.1 Å². The Hall–Kier alpha value is -3.70. The van der Waals surface area contributed by atoms with Crippen molar-refractivity contribution in [3.8, 4) is 11.3 Å². The molecule has 0 radical (unpaired) electrons. The number of nitrogen functional groups attached to an aromatic ring is 1. The van der Waals surface area contributed by atoms with Crippen LogP contribution in [0.5, 0.6) is 0 Å². The molecule has 30 heavy (non-hydrogen) atoms. The van der Waals surface area contributed by atoms with Gasteiger partial charge in [-0.15, -0.1) is 0 Å². The number of aromatic amines is 1. The summed E-state index contributed by atoms with van der Waals surface area (Å²) >= 11 is 0. The van der Waals surface area contributed by atoms with Crippen LogP contribution in [-0.2, 0) is 12.4 Å². The number of imidazole rings is 1. The second-order valence-electron chi connectivity index (χ2n) is 6.10. The molecule has 0 aliphatic carbocycles. The summed E-state index contributed by atoms with van der Waals surface area (Å²) in [6.07, 6.45) is -8.98. The summed E-state index contributed by atoms with van der Waals surface area (Å²) in [6.45, 7) is 0. The molecule has 0 atom stereocenters. The zero-order chi connectivity index (χ0) is 22.1. The maximum atomic E-state index is 13.0. The van der Waals surface area contributed by atoms with Gasteiger partial charge in [0.15, 0.2) is 5.95 Å². The maximum Gasteiger partial charge on any atom is 0.417 e. The Labute approximate surface area is 165 Å². The highest BCUT2D eigenvalue weighted by Gasteiger charge is 2.43. The van der Waals surface area contributed by atoms with Crippen molar-refractivity contribution < 1.29 is 31.1 Å². The van der Waals surface area contributed by atoms with Gasteiger partial charge in [0.25, 0.3) is 0 Å². The summed E-state index contributed by atoms with van der Waals surface area (Å²) in [5.41, 5.74) is 2.77. The Kier molecular flexibility index (Phi) is 5.33. The number of nitrogens with zero attached hydrogens (tertiary/aromatic N) is 1. The summed E-state index contributed by atoms with van der Waals surface area (Å²) < 4.78 is 77.5. The predicted octanol–water partition coefficient (Wildman–Crippen LogP) is 5.34. The number of amides is 2. The highest BCUT2D eigenvalue weighted by Crippen LogP contribution is 2.41. The van der Waals surface area contributed by atoms with E-state index in [1.165, 1.54) is 12.3 Å². The molecule has 0 spiro atoms. The fraction of sp³-hybridized carbons (Fsp3) is 0.111. The van der Waals surface area contributed by atoms with E-state index in [1.807, 2.05) is 0 Å². The van der Waals surface area contributed by atoms with Crippen molar-refractivity contribution in [2.24, 2.45) is 0 Å². The van der Waals surface area contributed by atoms with E-state index in [2.05, 4.69) is 20.6 Å². The zero-order valence-corrected chi connectivity index (χ0v) is 14.8. The van der Waals surface area contributed by atoms with Crippen LogP contribution in [0.3, 0.4) is 0 Å². The standard InChI is InChI=1S/C18H13F6N5O/c19-17(20,21)12-5-4-11(7-13(12)18(22,23)24)28-16(30)27-10-3-1-2-9(6-10)14-8-26-15(25)29-14/h1-8H,(H3,25,26,29)(H2,27,28,30). The lowest BCUT2D eigenvalue weighted by molar-refractivity contribution is -0.162. The summed E-state index contributed by atoms with van der Waals surface area (Å²) in [6, 6.07) is 6.64. The van der Waals surface area contributed by atoms with Crippen LogP contribution in [0.2, 0.25) is 0 Å². The molecule has 12 heteroatoms. The minimum Gasteiger partial charge on any atom is -0.369 e. The van der Waals surface area contributed by atoms with Gasteiger partial charge in [0.2, 0.25) is 0 Å². The third kappa shape index (κ3) is 4.82. The fourth-order valence-electron chi connectivity index (χ4n) is 2.64. The smallest absolute Gasteiger partial charge is 0.369 e. The van der Waals surface area contributed by atoms with Crippen molar-refractivity contribution in [2.75, 3.05) is 16.4 Å². The highest BCUT2D eigenvalue weighted by atomic mass is 19.4. The molecule has 158 valence electrons. The number of hydrogen-bond acceptors (Lipinski definition) is 3. The Balaban J connectivity index is 1.78. The number of carbonyl (C=O) groups excluding carboxylic acids is 1. The number of rotatable bonds is 3. The number of nitrogens with two attached hydrogens (primary N) is 1. The monoisotopic (exact) mass is 429 g/mol. The summed E-state index contributed by atoms with van der Waals surface area (Å²) in [7, 11) is 0. The zero-order valence-electron chi connectivity index (χ0n) is 14.8. The van der Waals surface area contributed by atoms with E-state index in [1.54, 1.807) is 18.2 Å². The van der Waals surface area contributed by atoms with E-state index in [4.69, 9.17) is 5.73 Å². The van der Waals surface area contributed by atoms with Crippen molar-refractivity contribution in [1.29, 1.82) is 0 Å². The molecule has 0 aliphatic rings. The Morgan fingerprint density at radius 3 is 2.10 bits per heavy atom. The van der Waals surface area contributed by atoms with Crippen molar-refractivity contribution in [2.45, 2.75) is 12.4 Å². The molecule has 0 fully saturated rings. The molecule has 3 rings (SSSR count). The van der Waals surface area contributed by atoms with E-state index >= 15 is 0 Å². The van der Waals surface area contributed by atoms with Crippen LogP contribution in [0.25, 0.3) is 11.3 Å². The van der Waals surface area contributed by atoms with Crippen molar-refractivity contribution in [3.63, 3.8) is 0 Å². The van der Waals surface area contributed by atoms with Crippen molar-refractivity contribution in [1.82, 2.24) is 9.97 Å². The molecule has 6 nitrogen and oxygen atoms in total. The molecular formula is C18H13F6N5O. The van der Waals surface area contributed by atoms with Crippen LogP contribution in [0.1, 0.15) is 11.1 Å². The second-order valence-corrected chi connectivity index (χ2v) is 6.10. The normalized spacial score (nSPS) is 11.9. The number of hydrogen-bond donors (Lipinski definition) is 4. The minimum atomic E-state index is -5.25. The van der Waals surface area contributed by atoms with Crippen molar-refractivity contribution >= 4 is 23.4 Å². The van der Waals surface area contributed by atoms with Gasteiger partial charge in [-0.25, -0.2) is 9.78 Å². The quantitative estimate of drug-likeness (QED) is 0.423. The molecule has 0 saturated heterocycles. The lowest BCUT2D eigenvalue weighted by Crippen LogP contribution is -2.21. The molecule has 0 unspecified atom stereocenters. The lowest BCUT2D eigenvalue weighted by atomic mass is 10.1. The fourth-order valence-corrected chi connectivity index (χ4v) is 2.64. The van der Waals surface area contributed by atoms with E-state index in [0.29, 0.717) is 11.3 Å². The van der Waals surface area contributed by atoms with Crippen LogP contribution in [-0.4, -0.2) is 16.0 Å². The predicted molar refractivity (Wildman–Crippen MR) is 97.5 cm³/mol. The van der Waals surface area contributed by atoms with Gasteiger partial charge in [-0.2, -0.15) is 26.3 Å². The van der Waals surface area contributed by atoms with Gasteiger partial charge in [-0.1, -0.05) is 12.1 Å². The lowest BCUT2D eigenvalue weighted by Gasteiger charge is -2.17. The van der Waals surface area contributed by atoms with E-state index in [0.717, 1.165) is 6.07 Å². The average Bonchev–Trinajstić information content (AvgIpc) is 3.06. The number of halogens is 6. The van der Waals surface area contributed by atoms with Crippen LogP contribution in [0.15, 0.2) is 48.7 Å². The maximum absolute atomic E-state index is 13.0. The molecule has 1 aromatic heterocycles. The third-order valence-electron chi connectivity index (χ3n) is 3.92. The molecule has 0 aliphatic heterocycles. The number of H-pyrrole nitrogens is 1. The first-order valence-corrected chi connectivity index (χ1v) is 8.21. The van der Waals surface area contributed by atoms with Gasteiger partial charge < -0.3 is 21.4 Å². The van der Waals surface area contributed by atoms with Crippen LogP contribution >= 0.6 is 0 Å². The number of anilines is 3. The first-order chi connectivity index (χ1) is 13.9. The molecule has 3 aromatic rings. The van der Waals surface area contributed by atoms with Gasteiger partial charge in [0, 0.05) is 16.9 Å². The van der Waals surface area contributed by atoms with Gasteiger partial charge in [-0.3, -0.25) is 0 Å². The first-order valence-electron chi connectivity index (χ1n) is 8.21. The molecule has 0 saturated carbocycles. The number of benzene rings is 2. The second kappa shape index (κ2) is 7.61. The molecular weight excluding hydrogens is 416 g/mol. The minimum absolute atomic E-state index is 0.184. The SMILES string of the molecule is Nc1ncc(-c2cccc(NC(=O)Nc3ccc(C(F)(F)F)c(C(F)(F)F)c3)c2)[nH]1. The summed E-state index contributed by atoms with van der Waals surface area (Å²) in [5, 5.41) is 4.48. The molecule has 1 heterocycles. The topological polar surface area (TPSA) is 95.8 Å². The van der Waals surface area contributed by atoms with E-state index in [-0.39, 0.29) is 23.8 Å². The van der Waals surface area contributed by atoms with E-state index < -0.39 is 35.2 Å². The Morgan fingerprint density at radius 1 is 0.900 bits per heavy atom. The Morgan fingerprint density at radius 2 is 1.53 bits per heavy atom. The van der Waals surface area contributed by atoms with Crippen molar-refractivity contribution in [3.05, 3.63) is 59.8 Å². The highest BCUT2D eigenvalue weighted by molar-refractivity contribution is 6.00. The van der Waals surface area contributed by atoms with Crippen LogP contribution in [0.4, 0.5) is 48.5 Å². The molecule has 0 bridgehead atoms. The first kappa shape index (κ1) is 21.0. The number of urea groups is 1. The average molecular weight is 429 g/mol. The number of carbonyl (C=O) groups is 1. The Bertz CT molecular complexity index is 1070. The number of nitrogens with one attached hydrogen (secondary N) is 3. The van der Waals surface area contributed by atoms with Crippen LogP contribution in [0, 0.1) is 0 Å². The largest absolute Gasteiger partial charge is 0.417 e. The number of alkyl halides is 6. The molecule has 2 aromatic carbocycles. The number of aromatic nitrogens is 2. The molecule has 2 amide bonds.